The van der Waals surface area contributed by atoms with E-state index >= 15 is 0 Å². The van der Waals surface area contributed by atoms with Crippen LogP contribution in [0.25, 0.3) is 16.0 Å². The van der Waals surface area contributed by atoms with Gasteiger partial charge in [0.1, 0.15) is 11.9 Å². The number of unbranched alkanes of at least 4 members (excludes halogenated alkanes) is 1. The summed E-state index contributed by atoms with van der Waals surface area (Å²) in [5, 5.41) is 0. The molecule has 0 aliphatic rings. The smallest absolute Gasteiger partial charge is 0.328 e. The number of hydrogen-bond donors (Lipinski definition) is 0. The summed E-state index contributed by atoms with van der Waals surface area (Å²) in [6.45, 7) is 13.4. The lowest BCUT2D eigenvalue weighted by atomic mass is 9.99. The lowest BCUT2D eigenvalue weighted by Crippen LogP contribution is -2.48. The molecule has 0 spiro atoms. The molecule has 0 saturated carbocycles. The molecular formula is C25H29FN2O3. The molecule has 1 atom stereocenters. The summed E-state index contributed by atoms with van der Waals surface area (Å²) >= 11 is 0. The molecule has 2 aromatic rings. The Kier molecular flexibility index (Phi) is 8.75. The van der Waals surface area contributed by atoms with E-state index in [1.54, 1.807) is 17.0 Å². The Labute approximate surface area is 183 Å². The van der Waals surface area contributed by atoms with Crippen molar-refractivity contribution in [2.75, 3.05) is 7.11 Å². The molecule has 164 valence electrons. The van der Waals surface area contributed by atoms with Crippen LogP contribution in [0, 0.1) is 18.3 Å². The molecule has 2 aromatic carbocycles. The largest absolute Gasteiger partial charge is 0.467 e. The van der Waals surface area contributed by atoms with Crippen LogP contribution in [-0.4, -0.2) is 29.9 Å². The van der Waals surface area contributed by atoms with Gasteiger partial charge in [0.15, 0.2) is 5.69 Å². The standard InChI is InChI=1S/C25H29FN2O3/c1-6-7-8-23(29)28(24(17(2)3)25(30)31-5)16-18-9-11-19(12-10-18)21-15-20(26)13-14-22(21)27-4/h9-15,17,24H,6-8,16H2,1-3,5H3/t24-/m0/s1. The molecule has 0 heterocycles. The topological polar surface area (TPSA) is 51.0 Å². The maximum Gasteiger partial charge on any atom is 0.328 e. The predicted octanol–water partition coefficient (Wildman–Crippen LogP) is 5.76. The highest BCUT2D eigenvalue weighted by molar-refractivity contribution is 5.85. The molecule has 0 aliphatic carbocycles. The van der Waals surface area contributed by atoms with Gasteiger partial charge in [0.2, 0.25) is 5.91 Å². The second kappa shape index (κ2) is 11.3. The van der Waals surface area contributed by atoms with Gasteiger partial charge >= 0.3 is 5.97 Å². The molecule has 5 nitrogen and oxygen atoms in total. The third-order valence-corrected chi connectivity index (χ3v) is 5.17. The fourth-order valence-corrected chi connectivity index (χ4v) is 3.52. The first-order valence-electron chi connectivity index (χ1n) is 10.5. The van der Waals surface area contributed by atoms with Crippen LogP contribution in [0.2, 0.25) is 0 Å². The van der Waals surface area contributed by atoms with Crippen molar-refractivity contribution in [1.82, 2.24) is 4.90 Å². The van der Waals surface area contributed by atoms with E-state index in [1.165, 1.54) is 25.3 Å². The molecule has 0 unspecified atom stereocenters. The fourth-order valence-electron chi connectivity index (χ4n) is 3.52. The Morgan fingerprint density at radius 3 is 2.39 bits per heavy atom. The van der Waals surface area contributed by atoms with Crippen molar-refractivity contribution in [3.05, 3.63) is 65.3 Å². The summed E-state index contributed by atoms with van der Waals surface area (Å²) in [5.74, 6) is -1.03. The molecule has 0 aliphatic heterocycles. The van der Waals surface area contributed by atoms with Gasteiger partial charge in [0, 0.05) is 13.0 Å². The number of methoxy groups -OCH3 is 1. The average molecular weight is 425 g/mol. The van der Waals surface area contributed by atoms with Crippen LogP contribution in [0.15, 0.2) is 42.5 Å². The molecule has 0 saturated heterocycles. The summed E-state index contributed by atoms with van der Waals surface area (Å²) in [5.41, 5.74) is 2.44. The SMILES string of the molecule is [C-]#[N+]c1ccc(F)cc1-c1ccc(CN(C(=O)CCCC)[C@H](C(=O)OC)C(C)C)cc1. The van der Waals surface area contributed by atoms with Crippen LogP contribution in [0.5, 0.6) is 0 Å². The van der Waals surface area contributed by atoms with Crippen molar-refractivity contribution in [2.24, 2.45) is 5.92 Å². The van der Waals surface area contributed by atoms with E-state index in [2.05, 4.69) is 4.85 Å². The lowest BCUT2D eigenvalue weighted by Gasteiger charge is -2.32. The van der Waals surface area contributed by atoms with E-state index < -0.39 is 17.8 Å². The quantitative estimate of drug-likeness (QED) is 0.380. The first-order chi connectivity index (χ1) is 14.8. The molecule has 6 heteroatoms. The molecule has 0 bridgehead atoms. The number of rotatable bonds is 9. The maximum absolute atomic E-state index is 13.7. The first-order valence-corrected chi connectivity index (χ1v) is 10.5. The number of ether oxygens (including phenoxy) is 1. The van der Waals surface area contributed by atoms with Crippen molar-refractivity contribution in [2.45, 2.75) is 52.6 Å². The Balaban J connectivity index is 2.34. The second-order valence-electron chi connectivity index (χ2n) is 7.81. The van der Waals surface area contributed by atoms with Crippen molar-refractivity contribution in [3.8, 4) is 11.1 Å². The Hall–Kier alpha value is -3.20. The van der Waals surface area contributed by atoms with Crippen LogP contribution < -0.4 is 0 Å². The third kappa shape index (κ3) is 6.14. The van der Waals surface area contributed by atoms with Crippen molar-refractivity contribution < 1.29 is 18.7 Å². The number of nitrogens with zero attached hydrogens (tertiary/aromatic N) is 2. The van der Waals surface area contributed by atoms with Crippen molar-refractivity contribution in [1.29, 1.82) is 0 Å². The van der Waals surface area contributed by atoms with Gasteiger partial charge in [-0.15, -0.1) is 0 Å². The zero-order chi connectivity index (χ0) is 23.0. The minimum Gasteiger partial charge on any atom is -0.467 e. The number of halogens is 1. The number of carbonyl (C=O) groups is 2. The number of carbonyl (C=O) groups excluding carboxylic acids is 2. The van der Waals surface area contributed by atoms with Crippen LogP contribution in [0.4, 0.5) is 10.1 Å². The van der Waals surface area contributed by atoms with Gasteiger partial charge < -0.3 is 9.64 Å². The monoisotopic (exact) mass is 424 g/mol. The van der Waals surface area contributed by atoms with Crippen LogP contribution >= 0.6 is 0 Å². The summed E-state index contributed by atoms with van der Waals surface area (Å²) in [6.07, 6.45) is 2.00. The van der Waals surface area contributed by atoms with Gasteiger partial charge in [-0.3, -0.25) is 4.79 Å². The highest BCUT2D eigenvalue weighted by Crippen LogP contribution is 2.31. The van der Waals surface area contributed by atoms with Crippen molar-refractivity contribution >= 4 is 17.6 Å². The third-order valence-electron chi connectivity index (χ3n) is 5.17. The summed E-state index contributed by atoms with van der Waals surface area (Å²) in [7, 11) is 1.33. The van der Waals surface area contributed by atoms with Gasteiger partial charge in [-0.25, -0.2) is 14.0 Å². The van der Waals surface area contributed by atoms with Gasteiger partial charge in [0.05, 0.1) is 13.7 Å². The number of hydrogen-bond acceptors (Lipinski definition) is 3. The van der Waals surface area contributed by atoms with Gasteiger partial charge in [-0.05, 0) is 41.2 Å². The second-order valence-corrected chi connectivity index (χ2v) is 7.81. The molecular weight excluding hydrogens is 395 g/mol. The van der Waals surface area contributed by atoms with E-state index in [9.17, 15) is 14.0 Å². The lowest BCUT2D eigenvalue weighted by molar-refractivity contribution is -0.155. The van der Waals surface area contributed by atoms with E-state index in [4.69, 9.17) is 11.3 Å². The van der Waals surface area contributed by atoms with Crippen molar-refractivity contribution in [3.63, 3.8) is 0 Å². The predicted molar refractivity (Wildman–Crippen MR) is 119 cm³/mol. The summed E-state index contributed by atoms with van der Waals surface area (Å²) in [6, 6.07) is 10.7. The van der Waals surface area contributed by atoms with Crippen LogP contribution in [0.3, 0.4) is 0 Å². The number of benzene rings is 2. The fraction of sp³-hybridized carbons (Fsp3) is 0.400. The summed E-state index contributed by atoms with van der Waals surface area (Å²) < 4.78 is 18.7. The Morgan fingerprint density at radius 1 is 1.16 bits per heavy atom. The highest BCUT2D eigenvalue weighted by atomic mass is 19.1. The molecule has 0 aromatic heterocycles. The van der Waals surface area contributed by atoms with Gasteiger partial charge in [-0.1, -0.05) is 57.5 Å². The zero-order valence-electron chi connectivity index (χ0n) is 18.5. The molecule has 0 fully saturated rings. The van der Waals surface area contributed by atoms with E-state index in [1.807, 2.05) is 32.9 Å². The minimum atomic E-state index is -0.675. The number of esters is 1. The highest BCUT2D eigenvalue weighted by Gasteiger charge is 2.33. The minimum absolute atomic E-state index is 0.0875. The molecule has 2 rings (SSSR count). The molecule has 1 amide bonds. The van der Waals surface area contributed by atoms with Gasteiger partial charge in [0.25, 0.3) is 0 Å². The first kappa shape index (κ1) is 24.1. The van der Waals surface area contributed by atoms with E-state index in [-0.39, 0.29) is 18.4 Å². The molecule has 31 heavy (non-hydrogen) atoms. The zero-order valence-corrected chi connectivity index (χ0v) is 18.5. The Morgan fingerprint density at radius 2 is 1.84 bits per heavy atom. The maximum atomic E-state index is 13.7. The average Bonchev–Trinajstić information content (AvgIpc) is 2.77. The van der Waals surface area contributed by atoms with E-state index in [0.29, 0.717) is 23.2 Å². The van der Waals surface area contributed by atoms with Crippen LogP contribution in [0.1, 0.15) is 45.6 Å². The normalized spacial score (nSPS) is 11.6. The number of amides is 1. The van der Waals surface area contributed by atoms with Gasteiger partial charge in [-0.2, -0.15) is 0 Å². The summed E-state index contributed by atoms with van der Waals surface area (Å²) in [4.78, 5) is 30.4. The molecule has 0 radical (unpaired) electrons. The molecule has 0 N–H and O–H groups in total. The Bertz CT molecular complexity index is 948. The van der Waals surface area contributed by atoms with E-state index in [0.717, 1.165) is 18.4 Å². The van der Waals surface area contributed by atoms with Crippen LogP contribution in [-0.2, 0) is 20.9 Å².